The zero-order valence-corrected chi connectivity index (χ0v) is 15.5. The summed E-state index contributed by atoms with van der Waals surface area (Å²) in [7, 11) is 1.34. The molecule has 0 fully saturated rings. The van der Waals surface area contributed by atoms with E-state index in [0.717, 1.165) is 16.7 Å². The minimum Gasteiger partial charge on any atom is -0.465 e. The van der Waals surface area contributed by atoms with Gasteiger partial charge in [0.1, 0.15) is 0 Å². The third kappa shape index (κ3) is 3.24. The first-order valence-corrected chi connectivity index (χ1v) is 9.03. The summed E-state index contributed by atoms with van der Waals surface area (Å²) in [6.07, 6.45) is 1.76. The highest BCUT2D eigenvalue weighted by molar-refractivity contribution is 7.15. The van der Waals surface area contributed by atoms with Crippen LogP contribution in [-0.4, -0.2) is 27.7 Å². The third-order valence-corrected chi connectivity index (χ3v) is 5.05. The van der Waals surface area contributed by atoms with Crippen molar-refractivity contribution in [1.29, 1.82) is 0 Å². The Morgan fingerprint density at radius 2 is 1.96 bits per heavy atom. The van der Waals surface area contributed by atoms with Gasteiger partial charge in [0.2, 0.25) is 4.96 Å². The van der Waals surface area contributed by atoms with Gasteiger partial charge in [0.05, 0.1) is 17.2 Å². The van der Waals surface area contributed by atoms with E-state index in [0.29, 0.717) is 20.9 Å². The molecule has 4 aromatic rings. The van der Waals surface area contributed by atoms with Crippen molar-refractivity contribution in [2.45, 2.75) is 6.92 Å². The summed E-state index contributed by atoms with van der Waals surface area (Å²) < 4.78 is 6.55. The lowest BCUT2D eigenvalue weighted by atomic mass is 10.1. The first-order chi connectivity index (χ1) is 13.0. The maximum Gasteiger partial charge on any atom is 0.337 e. The molecule has 0 atom stereocenters. The Bertz CT molecular complexity index is 1260. The molecule has 0 amide bonds. The molecule has 6 nitrogen and oxygen atoms in total. The van der Waals surface area contributed by atoms with Crippen LogP contribution in [0.25, 0.3) is 22.4 Å². The van der Waals surface area contributed by atoms with Gasteiger partial charge in [-0.15, -0.1) is 5.10 Å². The Morgan fingerprint density at radius 1 is 1.19 bits per heavy atom. The lowest BCUT2D eigenvalue weighted by Gasteiger charge is -1.98. The summed E-state index contributed by atoms with van der Waals surface area (Å²) in [5.74, 6) is 0.143. The van der Waals surface area contributed by atoms with Crippen molar-refractivity contribution < 1.29 is 9.53 Å². The van der Waals surface area contributed by atoms with E-state index in [2.05, 4.69) is 14.8 Å². The van der Waals surface area contributed by atoms with Gasteiger partial charge in [-0.05, 0) is 36.8 Å². The highest BCUT2D eigenvalue weighted by Gasteiger charge is 2.12. The van der Waals surface area contributed by atoms with Crippen LogP contribution in [0.2, 0.25) is 0 Å². The minimum atomic E-state index is -0.395. The van der Waals surface area contributed by atoms with Gasteiger partial charge in [0.25, 0.3) is 5.56 Å². The maximum absolute atomic E-state index is 12.6. The van der Waals surface area contributed by atoms with Gasteiger partial charge in [0.15, 0.2) is 5.82 Å². The molecule has 0 bridgehead atoms. The molecule has 0 saturated heterocycles. The van der Waals surface area contributed by atoms with Crippen LogP contribution >= 0.6 is 11.3 Å². The number of fused-ring (bicyclic) bond motifs is 1. The fraction of sp³-hybridized carbons (Fsp3) is 0.100. The zero-order valence-electron chi connectivity index (χ0n) is 14.7. The Labute approximate surface area is 158 Å². The molecule has 0 N–H and O–H groups in total. The van der Waals surface area contributed by atoms with Crippen molar-refractivity contribution in [2.24, 2.45) is 0 Å². The zero-order chi connectivity index (χ0) is 19.0. The van der Waals surface area contributed by atoms with Crippen molar-refractivity contribution in [2.75, 3.05) is 7.11 Å². The predicted octanol–water partition coefficient (Wildman–Crippen LogP) is 2.46. The molecule has 2 aromatic carbocycles. The number of methoxy groups -OCH3 is 1. The van der Waals surface area contributed by atoms with Crippen LogP contribution in [0.3, 0.4) is 0 Å². The smallest absolute Gasteiger partial charge is 0.337 e. The second-order valence-electron chi connectivity index (χ2n) is 6.03. The number of aryl methyl sites for hydroxylation is 1. The summed E-state index contributed by atoms with van der Waals surface area (Å²) >= 11 is 1.28. The van der Waals surface area contributed by atoms with E-state index in [9.17, 15) is 9.59 Å². The highest BCUT2D eigenvalue weighted by Crippen LogP contribution is 2.17. The Hall–Kier alpha value is -3.32. The van der Waals surface area contributed by atoms with Gasteiger partial charge in [-0.3, -0.25) is 4.79 Å². The molecule has 27 heavy (non-hydrogen) atoms. The Morgan fingerprint density at radius 3 is 2.63 bits per heavy atom. The molecule has 2 heterocycles. The molecule has 0 spiro atoms. The van der Waals surface area contributed by atoms with Crippen molar-refractivity contribution in [3.8, 4) is 11.4 Å². The molecular formula is C20H15N3O3S. The van der Waals surface area contributed by atoms with Crippen LogP contribution in [-0.2, 0) is 4.74 Å². The largest absolute Gasteiger partial charge is 0.465 e. The summed E-state index contributed by atoms with van der Waals surface area (Å²) in [6, 6.07) is 14.7. The van der Waals surface area contributed by atoms with E-state index in [1.54, 1.807) is 30.3 Å². The van der Waals surface area contributed by atoms with Crippen molar-refractivity contribution in [3.05, 3.63) is 80.1 Å². The normalized spacial score (nSPS) is 11.9. The van der Waals surface area contributed by atoms with Gasteiger partial charge in [-0.1, -0.05) is 47.2 Å². The van der Waals surface area contributed by atoms with Gasteiger partial charge >= 0.3 is 5.97 Å². The van der Waals surface area contributed by atoms with E-state index in [-0.39, 0.29) is 5.56 Å². The SMILES string of the molecule is COC(=O)c1ccc(C=c2sc3nc(-c4cccc(C)c4)nn3c2=O)cc1. The predicted molar refractivity (Wildman–Crippen MR) is 104 cm³/mol. The number of aromatic nitrogens is 3. The molecule has 0 aliphatic rings. The molecule has 134 valence electrons. The van der Waals surface area contributed by atoms with Crippen molar-refractivity contribution in [3.63, 3.8) is 0 Å². The molecule has 0 aliphatic heterocycles. The monoisotopic (exact) mass is 377 g/mol. The van der Waals surface area contributed by atoms with E-state index in [1.165, 1.54) is 23.0 Å². The summed E-state index contributed by atoms with van der Waals surface area (Å²) in [5, 5.41) is 4.36. The van der Waals surface area contributed by atoms with Crippen LogP contribution in [0.4, 0.5) is 0 Å². The minimum absolute atomic E-state index is 0.210. The number of hydrogen-bond acceptors (Lipinski definition) is 6. The number of esters is 1. The van der Waals surface area contributed by atoms with Gasteiger partial charge in [-0.2, -0.15) is 9.50 Å². The van der Waals surface area contributed by atoms with Crippen LogP contribution in [0.5, 0.6) is 0 Å². The van der Waals surface area contributed by atoms with Gasteiger partial charge in [-0.25, -0.2) is 4.79 Å². The average molecular weight is 377 g/mol. The van der Waals surface area contributed by atoms with Crippen LogP contribution in [0.1, 0.15) is 21.5 Å². The number of nitrogens with zero attached hydrogens (tertiary/aromatic N) is 3. The topological polar surface area (TPSA) is 73.6 Å². The maximum atomic E-state index is 12.6. The molecular weight excluding hydrogens is 362 g/mol. The number of benzene rings is 2. The number of carbonyl (C=O) groups is 1. The van der Waals surface area contributed by atoms with Crippen LogP contribution in [0, 0.1) is 6.92 Å². The Balaban J connectivity index is 1.72. The van der Waals surface area contributed by atoms with E-state index in [4.69, 9.17) is 0 Å². The second-order valence-corrected chi connectivity index (χ2v) is 7.04. The fourth-order valence-corrected chi connectivity index (χ4v) is 3.63. The number of carbonyl (C=O) groups excluding carboxylic acids is 1. The van der Waals surface area contributed by atoms with E-state index >= 15 is 0 Å². The highest BCUT2D eigenvalue weighted by atomic mass is 32.1. The molecule has 0 aliphatic carbocycles. The summed E-state index contributed by atoms with van der Waals surface area (Å²) in [6.45, 7) is 2.00. The first kappa shape index (κ1) is 17.1. The number of rotatable bonds is 3. The third-order valence-electron chi connectivity index (χ3n) is 4.09. The fourth-order valence-electron chi connectivity index (χ4n) is 2.72. The van der Waals surface area contributed by atoms with Crippen molar-refractivity contribution in [1.82, 2.24) is 14.6 Å². The standard InChI is InChI=1S/C20H15N3O3S/c1-12-4-3-5-15(10-12)17-21-20-23(22-17)18(24)16(27-20)11-13-6-8-14(9-7-13)19(25)26-2/h3-11H,1-2H3. The molecule has 0 radical (unpaired) electrons. The number of ether oxygens (including phenoxy) is 1. The first-order valence-electron chi connectivity index (χ1n) is 8.22. The quantitative estimate of drug-likeness (QED) is 0.513. The van der Waals surface area contributed by atoms with Crippen molar-refractivity contribution >= 4 is 28.3 Å². The molecule has 7 heteroatoms. The number of thiazole rings is 1. The lowest BCUT2D eigenvalue weighted by Crippen LogP contribution is -2.23. The second kappa shape index (κ2) is 6.77. The van der Waals surface area contributed by atoms with Crippen LogP contribution in [0.15, 0.2) is 53.3 Å². The van der Waals surface area contributed by atoms with Crippen LogP contribution < -0.4 is 10.1 Å². The molecule has 4 rings (SSSR count). The molecule has 0 saturated carbocycles. The van der Waals surface area contributed by atoms with E-state index in [1.807, 2.05) is 31.2 Å². The summed E-state index contributed by atoms with van der Waals surface area (Å²) in [4.78, 5) is 29.2. The van der Waals surface area contributed by atoms with Gasteiger partial charge < -0.3 is 4.74 Å². The summed E-state index contributed by atoms with van der Waals surface area (Å²) in [5.41, 5.74) is 3.05. The van der Waals surface area contributed by atoms with E-state index < -0.39 is 5.97 Å². The van der Waals surface area contributed by atoms with Gasteiger partial charge in [0, 0.05) is 5.56 Å². The average Bonchev–Trinajstić information content (AvgIpc) is 3.22. The number of hydrogen-bond donors (Lipinski definition) is 0. The molecule has 2 aromatic heterocycles. The lowest BCUT2D eigenvalue weighted by molar-refractivity contribution is 0.0600. The molecule has 0 unspecified atom stereocenters. The Kier molecular flexibility index (Phi) is 4.29.